The zero-order chi connectivity index (χ0) is 15.5. The van der Waals surface area contributed by atoms with Crippen molar-refractivity contribution < 1.29 is 17.7 Å². The lowest BCUT2D eigenvalue weighted by Crippen LogP contribution is -2.50. The van der Waals surface area contributed by atoms with E-state index in [2.05, 4.69) is 58.9 Å². The van der Waals surface area contributed by atoms with Crippen LogP contribution in [0.1, 0.15) is 0 Å². The van der Waals surface area contributed by atoms with Gasteiger partial charge in [0.15, 0.2) is 37.5 Å². The average molecular weight is 341 g/mol. The molecule has 8 heteroatoms. The summed E-state index contributed by atoms with van der Waals surface area (Å²) in [6, 6.07) is 0. The van der Waals surface area contributed by atoms with Gasteiger partial charge in [-0.25, -0.2) is 0 Å². The minimum atomic E-state index is -1.71. The molecule has 1 unspecified atom stereocenters. The molecule has 0 heterocycles. The lowest BCUT2D eigenvalue weighted by Gasteiger charge is -2.38. The minimum Gasteiger partial charge on any atom is -0.401 e. The molecule has 116 valence electrons. The molecule has 4 nitrogen and oxygen atoms in total. The molecule has 0 rings (SSSR count). The molecule has 0 radical (unpaired) electrons. The molecule has 0 aromatic carbocycles. The highest BCUT2D eigenvalue weighted by atomic mass is 28.4. The second-order valence-corrected chi connectivity index (χ2v) is 21.5. The van der Waals surface area contributed by atoms with E-state index in [0.717, 1.165) is 0 Å². The second-order valence-electron chi connectivity index (χ2n) is 7.66. The third kappa shape index (κ3) is 11.1. The van der Waals surface area contributed by atoms with E-state index in [0.29, 0.717) is 10.5 Å². The Morgan fingerprint density at radius 1 is 0.579 bits per heavy atom. The quantitative estimate of drug-likeness (QED) is 0.502. The van der Waals surface area contributed by atoms with Gasteiger partial charge in [0, 0.05) is 0 Å². The van der Waals surface area contributed by atoms with Gasteiger partial charge in [-0.15, -0.1) is 0 Å². The normalized spacial score (nSPS) is 16.1. The van der Waals surface area contributed by atoms with Crippen LogP contribution in [0, 0.1) is 0 Å². The number of rotatable bonds is 8. The highest BCUT2D eigenvalue weighted by Gasteiger charge is 2.35. The molecule has 0 aromatic rings. The Kier molecular flexibility index (Phi) is 7.38. The molecular weight excluding hydrogens is 308 g/mol. The van der Waals surface area contributed by atoms with Gasteiger partial charge in [-0.3, -0.25) is 0 Å². The first-order valence-electron chi connectivity index (χ1n) is 6.80. The zero-order valence-electron chi connectivity index (χ0n) is 14.3. The lowest BCUT2D eigenvalue weighted by molar-refractivity contribution is -0.165. The fraction of sp³-hybridized carbons (Fsp3) is 1.00. The molecule has 0 saturated carbocycles. The Balaban J connectivity index is 4.97. The van der Waals surface area contributed by atoms with Gasteiger partial charge in [0.25, 0.3) is 0 Å². The summed E-state index contributed by atoms with van der Waals surface area (Å²) in [5.41, 5.74) is 0. The summed E-state index contributed by atoms with van der Waals surface area (Å²) in [7, 11) is -4.49. The van der Waals surface area contributed by atoms with Crippen molar-refractivity contribution in [2.24, 2.45) is 0 Å². The second kappa shape index (κ2) is 7.12. The third-order valence-corrected chi connectivity index (χ3v) is 5.15. The first-order chi connectivity index (χ1) is 8.23. The molecule has 0 aliphatic rings. The van der Waals surface area contributed by atoms with Crippen LogP contribution in [0.3, 0.4) is 0 Å². The molecule has 1 atom stereocenters. The Morgan fingerprint density at radius 2 is 0.842 bits per heavy atom. The smallest absolute Gasteiger partial charge is 0.188 e. The molecule has 0 amide bonds. The Hall–Kier alpha value is 0.708. The lowest BCUT2D eigenvalue weighted by atomic mass is 10.6. The van der Waals surface area contributed by atoms with Crippen LogP contribution in [-0.4, -0.2) is 48.0 Å². The number of hydrogen-bond donors (Lipinski definition) is 0. The highest BCUT2D eigenvalue weighted by molar-refractivity contribution is 6.71. The molecule has 0 aromatic heterocycles. The van der Waals surface area contributed by atoms with Gasteiger partial charge in [0.2, 0.25) is 0 Å². The van der Waals surface area contributed by atoms with Crippen LogP contribution >= 0.6 is 0 Å². The first kappa shape index (κ1) is 19.7. The van der Waals surface area contributed by atoms with E-state index >= 15 is 0 Å². The van der Waals surface area contributed by atoms with Crippen molar-refractivity contribution in [2.45, 2.75) is 71.5 Å². The summed E-state index contributed by atoms with van der Waals surface area (Å²) in [6.45, 7) is 19.4. The van der Waals surface area contributed by atoms with Crippen LogP contribution in [-0.2, 0) is 17.7 Å². The predicted octanol–water partition coefficient (Wildman–Crippen LogP) is 2.49. The van der Waals surface area contributed by atoms with Crippen molar-refractivity contribution in [1.29, 1.82) is 0 Å². The van der Waals surface area contributed by atoms with Crippen LogP contribution < -0.4 is 0 Å². The molecule has 0 saturated heterocycles. The van der Waals surface area contributed by atoms with Gasteiger partial charge in [-0.2, -0.15) is 0 Å². The summed E-state index contributed by atoms with van der Waals surface area (Å²) in [5, 5.41) is 0. The number of hydrogen-bond acceptors (Lipinski definition) is 4. The fourth-order valence-corrected chi connectivity index (χ4v) is 4.62. The Bertz CT molecular complexity index is 251. The average Bonchev–Trinajstić information content (AvgIpc) is 2.06. The van der Waals surface area contributed by atoms with Crippen LogP contribution in [0.4, 0.5) is 0 Å². The molecule has 0 aliphatic carbocycles. The molecule has 0 spiro atoms. The topological polar surface area (TPSA) is 36.9 Å². The Morgan fingerprint density at radius 3 is 1.05 bits per heavy atom. The zero-order valence-corrected chi connectivity index (χ0v) is 19.3. The molecule has 0 N–H and O–H groups in total. The standard InChI is InChI=1S/C11H32O4Si4/c1-17(2,3)13-10(12-16)11(14-18(4,5)6)15-19(7,8)9/h10-11H,1-9,16H3. The van der Waals surface area contributed by atoms with Crippen LogP contribution in [0.2, 0.25) is 58.9 Å². The van der Waals surface area contributed by atoms with Crippen LogP contribution in [0.5, 0.6) is 0 Å². The molecule has 0 bridgehead atoms. The van der Waals surface area contributed by atoms with Crippen molar-refractivity contribution in [3.63, 3.8) is 0 Å². The Labute approximate surface area is 125 Å². The van der Waals surface area contributed by atoms with Gasteiger partial charge in [-0.05, 0) is 58.9 Å². The summed E-state index contributed by atoms with van der Waals surface area (Å²) < 4.78 is 24.0. The van der Waals surface area contributed by atoms with Crippen LogP contribution in [0.25, 0.3) is 0 Å². The maximum absolute atomic E-state index is 6.16. The summed E-state index contributed by atoms with van der Waals surface area (Å²) >= 11 is 0. The van der Waals surface area contributed by atoms with E-state index in [1.165, 1.54) is 0 Å². The van der Waals surface area contributed by atoms with Gasteiger partial charge in [0.05, 0.1) is 0 Å². The monoisotopic (exact) mass is 340 g/mol. The van der Waals surface area contributed by atoms with E-state index in [9.17, 15) is 0 Å². The van der Waals surface area contributed by atoms with E-state index in [-0.39, 0.29) is 12.6 Å². The van der Waals surface area contributed by atoms with E-state index in [4.69, 9.17) is 17.7 Å². The summed E-state index contributed by atoms with van der Waals surface area (Å²) in [4.78, 5) is 0. The highest BCUT2D eigenvalue weighted by Crippen LogP contribution is 2.21. The van der Waals surface area contributed by atoms with E-state index in [1.807, 2.05) is 0 Å². The fourth-order valence-electron chi connectivity index (χ4n) is 1.40. The summed E-state index contributed by atoms with van der Waals surface area (Å²) in [5.74, 6) is 0. The molecule has 0 fully saturated rings. The predicted molar refractivity (Wildman–Crippen MR) is 91.9 cm³/mol. The van der Waals surface area contributed by atoms with Crippen molar-refractivity contribution >= 4 is 35.4 Å². The van der Waals surface area contributed by atoms with Crippen molar-refractivity contribution in [3.05, 3.63) is 0 Å². The third-order valence-electron chi connectivity index (χ3n) is 1.86. The van der Waals surface area contributed by atoms with Crippen LogP contribution in [0.15, 0.2) is 0 Å². The summed E-state index contributed by atoms with van der Waals surface area (Å²) in [6.07, 6.45) is -0.764. The van der Waals surface area contributed by atoms with Gasteiger partial charge in [0.1, 0.15) is 10.5 Å². The van der Waals surface area contributed by atoms with Crippen molar-refractivity contribution in [3.8, 4) is 0 Å². The van der Waals surface area contributed by atoms with Crippen molar-refractivity contribution in [2.75, 3.05) is 0 Å². The molecule has 19 heavy (non-hydrogen) atoms. The molecule has 0 aliphatic heterocycles. The SMILES string of the molecule is C[Si](C)(C)OC(O[SiH3])C(O[Si](C)(C)C)O[Si](C)(C)C. The van der Waals surface area contributed by atoms with Gasteiger partial charge >= 0.3 is 0 Å². The maximum atomic E-state index is 6.16. The minimum absolute atomic E-state index is 0.378. The first-order valence-corrected chi connectivity index (χ1v) is 17.8. The van der Waals surface area contributed by atoms with Gasteiger partial charge in [-0.1, -0.05) is 0 Å². The van der Waals surface area contributed by atoms with Crippen molar-refractivity contribution in [1.82, 2.24) is 0 Å². The molecular formula is C11H32O4Si4. The largest absolute Gasteiger partial charge is 0.401 e. The maximum Gasteiger partial charge on any atom is 0.188 e. The van der Waals surface area contributed by atoms with Gasteiger partial charge < -0.3 is 17.7 Å². The van der Waals surface area contributed by atoms with E-state index < -0.39 is 25.0 Å². The van der Waals surface area contributed by atoms with E-state index in [1.54, 1.807) is 0 Å².